The van der Waals surface area contributed by atoms with Gasteiger partial charge in [-0.1, -0.05) is 25.5 Å². The van der Waals surface area contributed by atoms with Gasteiger partial charge in [0.25, 0.3) is 0 Å². The first-order chi connectivity index (χ1) is 8.81. The summed E-state index contributed by atoms with van der Waals surface area (Å²) in [7, 11) is 0. The second-order valence-corrected chi connectivity index (χ2v) is 4.08. The predicted molar refractivity (Wildman–Crippen MR) is 72.4 cm³/mol. The maximum Gasteiger partial charge on any atom is 0.127 e. The molecule has 0 atom stereocenters. The van der Waals surface area contributed by atoms with Crippen molar-refractivity contribution in [3.63, 3.8) is 0 Å². The Balaban J connectivity index is 2.05. The van der Waals surface area contributed by atoms with Crippen molar-refractivity contribution in [2.24, 2.45) is 5.18 Å². The van der Waals surface area contributed by atoms with Crippen molar-refractivity contribution in [1.29, 1.82) is 0 Å². The topological polar surface area (TPSA) is 38.7 Å². The van der Waals surface area contributed by atoms with Crippen LogP contribution in [0.4, 0.5) is 5.69 Å². The zero-order valence-electron chi connectivity index (χ0n) is 10.3. The van der Waals surface area contributed by atoms with E-state index in [4.69, 9.17) is 4.74 Å². The summed E-state index contributed by atoms with van der Waals surface area (Å²) in [6, 6.07) is 14.8. The predicted octanol–water partition coefficient (Wildman–Crippen LogP) is 4.83. The maximum absolute atomic E-state index is 10.3. The van der Waals surface area contributed by atoms with Gasteiger partial charge in [-0.25, -0.2) is 0 Å². The minimum absolute atomic E-state index is 0.403. The fraction of sp³-hybridized carbons (Fsp3) is 0.200. The van der Waals surface area contributed by atoms with Crippen LogP contribution in [0.1, 0.15) is 18.9 Å². The third kappa shape index (κ3) is 3.17. The van der Waals surface area contributed by atoms with E-state index in [2.05, 4.69) is 24.2 Å². The summed E-state index contributed by atoms with van der Waals surface area (Å²) in [5.74, 6) is 1.49. The molecule has 0 saturated heterocycles. The Labute approximate surface area is 106 Å². The van der Waals surface area contributed by atoms with E-state index >= 15 is 0 Å². The molecular weight excluding hydrogens is 226 g/mol. The van der Waals surface area contributed by atoms with Crippen LogP contribution in [-0.4, -0.2) is 0 Å². The Morgan fingerprint density at radius 3 is 2.00 bits per heavy atom. The first-order valence-electron chi connectivity index (χ1n) is 6.02. The van der Waals surface area contributed by atoms with Crippen molar-refractivity contribution in [1.82, 2.24) is 0 Å². The van der Waals surface area contributed by atoms with Gasteiger partial charge in [-0.15, -0.1) is 4.91 Å². The van der Waals surface area contributed by atoms with Gasteiger partial charge in [0.1, 0.15) is 17.2 Å². The van der Waals surface area contributed by atoms with Gasteiger partial charge in [0.2, 0.25) is 0 Å². The molecule has 0 spiro atoms. The average Bonchev–Trinajstić information content (AvgIpc) is 2.42. The third-order valence-electron chi connectivity index (χ3n) is 2.64. The van der Waals surface area contributed by atoms with Gasteiger partial charge < -0.3 is 4.74 Å². The summed E-state index contributed by atoms with van der Waals surface area (Å²) in [6.45, 7) is 2.16. The molecule has 0 bridgehead atoms. The molecule has 2 rings (SSSR count). The molecule has 0 aliphatic heterocycles. The van der Waals surface area contributed by atoms with Crippen LogP contribution in [-0.2, 0) is 6.42 Å². The number of hydrogen-bond donors (Lipinski definition) is 0. The molecule has 0 fully saturated rings. The van der Waals surface area contributed by atoms with E-state index in [1.807, 2.05) is 12.1 Å². The molecule has 0 radical (unpaired) electrons. The van der Waals surface area contributed by atoms with E-state index in [0.29, 0.717) is 11.4 Å². The molecule has 18 heavy (non-hydrogen) atoms. The molecule has 3 heteroatoms. The number of aryl methyl sites for hydroxylation is 1. The summed E-state index contributed by atoms with van der Waals surface area (Å²) in [6.07, 6.45) is 2.22. The number of benzene rings is 2. The quantitative estimate of drug-likeness (QED) is 0.703. The van der Waals surface area contributed by atoms with Crippen molar-refractivity contribution in [2.75, 3.05) is 0 Å². The summed E-state index contributed by atoms with van der Waals surface area (Å²) < 4.78 is 5.67. The molecule has 2 aromatic carbocycles. The van der Waals surface area contributed by atoms with Crippen LogP contribution in [0.15, 0.2) is 53.7 Å². The van der Waals surface area contributed by atoms with Crippen molar-refractivity contribution in [3.8, 4) is 11.5 Å². The van der Waals surface area contributed by atoms with Crippen molar-refractivity contribution >= 4 is 5.69 Å². The van der Waals surface area contributed by atoms with Crippen LogP contribution in [0.3, 0.4) is 0 Å². The highest BCUT2D eigenvalue weighted by atomic mass is 16.5. The lowest BCUT2D eigenvalue weighted by Gasteiger charge is -2.06. The van der Waals surface area contributed by atoms with Crippen LogP contribution in [0.2, 0.25) is 0 Å². The average molecular weight is 241 g/mol. The van der Waals surface area contributed by atoms with Gasteiger partial charge in [0.05, 0.1) is 0 Å². The number of hydrogen-bond acceptors (Lipinski definition) is 3. The highest BCUT2D eigenvalue weighted by Crippen LogP contribution is 2.24. The van der Waals surface area contributed by atoms with Crippen LogP contribution >= 0.6 is 0 Å². The molecule has 0 N–H and O–H groups in total. The minimum atomic E-state index is 0.403. The van der Waals surface area contributed by atoms with E-state index < -0.39 is 0 Å². The zero-order valence-corrected chi connectivity index (χ0v) is 10.3. The number of nitroso groups, excluding NO2 is 1. The first kappa shape index (κ1) is 12.3. The van der Waals surface area contributed by atoms with Crippen LogP contribution in [0.5, 0.6) is 11.5 Å². The fourth-order valence-electron chi connectivity index (χ4n) is 1.72. The molecule has 0 heterocycles. The van der Waals surface area contributed by atoms with Gasteiger partial charge in [-0.2, -0.15) is 0 Å². The summed E-state index contributed by atoms with van der Waals surface area (Å²) in [5, 5.41) is 2.85. The van der Waals surface area contributed by atoms with Gasteiger partial charge in [0.15, 0.2) is 0 Å². The molecule has 92 valence electrons. The van der Waals surface area contributed by atoms with Gasteiger partial charge >= 0.3 is 0 Å². The lowest BCUT2D eigenvalue weighted by atomic mass is 10.1. The second kappa shape index (κ2) is 5.96. The number of rotatable bonds is 5. The lowest BCUT2D eigenvalue weighted by Crippen LogP contribution is -1.86. The van der Waals surface area contributed by atoms with Crippen LogP contribution in [0.25, 0.3) is 0 Å². The van der Waals surface area contributed by atoms with Crippen LogP contribution in [0, 0.1) is 4.91 Å². The molecule has 0 saturated carbocycles. The smallest absolute Gasteiger partial charge is 0.127 e. The van der Waals surface area contributed by atoms with E-state index in [-0.39, 0.29) is 0 Å². The van der Waals surface area contributed by atoms with E-state index in [1.165, 1.54) is 5.56 Å². The van der Waals surface area contributed by atoms with Crippen molar-refractivity contribution in [2.45, 2.75) is 19.8 Å². The normalized spacial score (nSPS) is 10.1. The third-order valence-corrected chi connectivity index (χ3v) is 2.64. The Hall–Kier alpha value is -2.16. The number of nitrogens with zero attached hydrogens (tertiary/aromatic N) is 1. The maximum atomic E-state index is 10.3. The zero-order chi connectivity index (χ0) is 12.8. The van der Waals surface area contributed by atoms with Crippen molar-refractivity contribution < 1.29 is 4.74 Å². The van der Waals surface area contributed by atoms with Gasteiger partial charge in [-0.3, -0.25) is 0 Å². The largest absolute Gasteiger partial charge is 0.457 e. The highest BCUT2D eigenvalue weighted by molar-refractivity contribution is 5.42. The Bertz CT molecular complexity index is 503. The Kier molecular flexibility index (Phi) is 4.07. The molecule has 0 aromatic heterocycles. The van der Waals surface area contributed by atoms with E-state index in [9.17, 15) is 4.91 Å². The molecule has 0 aliphatic rings. The summed E-state index contributed by atoms with van der Waals surface area (Å²) >= 11 is 0. The molecule has 0 unspecified atom stereocenters. The summed E-state index contributed by atoms with van der Waals surface area (Å²) in [4.78, 5) is 10.3. The monoisotopic (exact) mass is 241 g/mol. The van der Waals surface area contributed by atoms with Gasteiger partial charge in [-0.05, 0) is 53.6 Å². The molecular formula is C15H15NO2. The Morgan fingerprint density at radius 1 is 0.944 bits per heavy atom. The van der Waals surface area contributed by atoms with Crippen molar-refractivity contribution in [3.05, 3.63) is 59.0 Å². The second-order valence-electron chi connectivity index (χ2n) is 4.08. The molecule has 0 amide bonds. The molecule has 0 aliphatic carbocycles. The Morgan fingerprint density at radius 2 is 1.50 bits per heavy atom. The lowest BCUT2D eigenvalue weighted by molar-refractivity contribution is 0.482. The van der Waals surface area contributed by atoms with Crippen LogP contribution < -0.4 is 4.74 Å². The van der Waals surface area contributed by atoms with Gasteiger partial charge in [0, 0.05) is 0 Å². The molecule has 3 nitrogen and oxygen atoms in total. The first-order valence-corrected chi connectivity index (χ1v) is 6.02. The summed E-state index contributed by atoms with van der Waals surface area (Å²) in [5.41, 5.74) is 1.71. The van der Waals surface area contributed by atoms with E-state index in [1.54, 1.807) is 24.3 Å². The standard InChI is InChI=1S/C15H15NO2/c1-2-3-12-4-8-14(9-5-12)18-15-10-6-13(16-17)7-11-15/h4-11H,2-3H2,1H3. The minimum Gasteiger partial charge on any atom is -0.457 e. The fourth-order valence-corrected chi connectivity index (χ4v) is 1.72. The highest BCUT2D eigenvalue weighted by Gasteiger charge is 1.98. The van der Waals surface area contributed by atoms with E-state index in [0.717, 1.165) is 18.6 Å². The molecule has 2 aromatic rings. The number of ether oxygens (including phenoxy) is 1. The SMILES string of the molecule is CCCc1ccc(Oc2ccc(N=O)cc2)cc1.